The molecule has 0 bridgehead atoms. The molecule has 20 heavy (non-hydrogen) atoms. The number of hydrogen-bond acceptors (Lipinski definition) is 6. The quantitative estimate of drug-likeness (QED) is 0.548. The van der Waals surface area contributed by atoms with Crippen molar-refractivity contribution in [2.45, 2.75) is 0 Å². The molecule has 2 aromatic heterocycles. The minimum absolute atomic E-state index is 0.246. The molecule has 2 rings (SSSR count). The van der Waals surface area contributed by atoms with Crippen molar-refractivity contribution >= 4 is 30.8 Å². The second kappa shape index (κ2) is 5.68. The number of nitrogen functional groups attached to an aromatic ring is 1. The summed E-state index contributed by atoms with van der Waals surface area (Å²) < 4.78 is 12.4. The van der Waals surface area contributed by atoms with Crippen LogP contribution in [-0.2, 0) is 4.57 Å². The Balaban J connectivity index is 2.25. The highest BCUT2D eigenvalue weighted by atomic mass is 31.2. The number of fused-ring (bicyclic) bond motifs is 1. The number of hydrogen-bond donors (Lipinski definition) is 4. The first-order valence-electron chi connectivity index (χ1n) is 5.67. The number of aromatic nitrogens is 4. The second-order valence-corrected chi connectivity index (χ2v) is 5.91. The first-order valence-corrected chi connectivity index (χ1v) is 7.47. The minimum atomic E-state index is -4.18. The van der Waals surface area contributed by atoms with Gasteiger partial charge in [0.2, 0.25) is 0 Å². The van der Waals surface area contributed by atoms with Gasteiger partial charge >= 0.3 is 7.60 Å². The standard InChI is InChI=1S/C10H14N5O4P/c11-9-8-10(13-5-12-9)15(6-14-8)2-1-7(3-16)4-20(17,18)19/h1-2,5-7,16H,3-4H2,(H2,11,12,13)(H2,17,18,19)/b2-1+. The van der Waals surface area contributed by atoms with E-state index in [0.717, 1.165) is 0 Å². The highest BCUT2D eigenvalue weighted by Crippen LogP contribution is 2.37. The monoisotopic (exact) mass is 299 g/mol. The number of nitrogens with zero attached hydrogens (tertiary/aromatic N) is 4. The molecule has 10 heteroatoms. The molecule has 0 saturated heterocycles. The molecule has 0 aliphatic carbocycles. The van der Waals surface area contributed by atoms with Crippen molar-refractivity contribution in [3.63, 3.8) is 0 Å². The molecule has 2 heterocycles. The van der Waals surface area contributed by atoms with Gasteiger partial charge < -0.3 is 20.6 Å². The predicted molar refractivity (Wildman–Crippen MR) is 72.6 cm³/mol. The Morgan fingerprint density at radius 1 is 1.40 bits per heavy atom. The van der Waals surface area contributed by atoms with Crippen LogP contribution < -0.4 is 5.73 Å². The number of rotatable bonds is 5. The molecule has 0 amide bonds. The van der Waals surface area contributed by atoms with Crippen LogP contribution in [0, 0.1) is 5.92 Å². The maximum absolute atomic E-state index is 10.9. The van der Waals surface area contributed by atoms with E-state index in [9.17, 15) is 4.57 Å². The van der Waals surface area contributed by atoms with Crippen LogP contribution in [-0.4, -0.2) is 47.2 Å². The minimum Gasteiger partial charge on any atom is -0.396 e. The molecule has 0 fully saturated rings. The zero-order valence-electron chi connectivity index (χ0n) is 10.4. The Bertz CT molecular complexity index is 679. The third-order valence-electron chi connectivity index (χ3n) is 2.61. The summed E-state index contributed by atoms with van der Waals surface area (Å²) in [5.74, 6) is -0.413. The third-order valence-corrected chi connectivity index (χ3v) is 3.56. The molecular formula is C10H14N5O4P. The van der Waals surface area contributed by atoms with E-state index in [-0.39, 0.29) is 12.4 Å². The van der Waals surface area contributed by atoms with Crippen LogP contribution in [0.5, 0.6) is 0 Å². The molecular weight excluding hydrogens is 285 g/mol. The van der Waals surface area contributed by atoms with Crippen molar-refractivity contribution in [1.82, 2.24) is 19.5 Å². The van der Waals surface area contributed by atoms with Crippen LogP contribution >= 0.6 is 7.60 Å². The maximum Gasteiger partial charge on any atom is 0.326 e. The lowest BCUT2D eigenvalue weighted by atomic mass is 10.2. The number of nitrogens with two attached hydrogens (primary N) is 1. The molecule has 0 aliphatic heterocycles. The van der Waals surface area contributed by atoms with Crippen LogP contribution in [0.1, 0.15) is 0 Å². The summed E-state index contributed by atoms with van der Waals surface area (Å²) in [6.45, 7) is -0.370. The van der Waals surface area contributed by atoms with E-state index in [2.05, 4.69) is 15.0 Å². The van der Waals surface area contributed by atoms with Crippen molar-refractivity contribution in [1.29, 1.82) is 0 Å². The van der Waals surface area contributed by atoms with Gasteiger partial charge in [0, 0.05) is 12.1 Å². The zero-order chi connectivity index (χ0) is 14.8. The zero-order valence-corrected chi connectivity index (χ0v) is 11.3. The topological polar surface area (TPSA) is 147 Å². The summed E-state index contributed by atoms with van der Waals surface area (Å²) in [5, 5.41) is 9.11. The van der Waals surface area contributed by atoms with Crippen molar-refractivity contribution in [3.8, 4) is 0 Å². The van der Waals surface area contributed by atoms with Crippen molar-refractivity contribution in [2.24, 2.45) is 5.92 Å². The first-order chi connectivity index (χ1) is 9.40. The average molecular weight is 299 g/mol. The Hall–Kier alpha value is -1.80. The van der Waals surface area contributed by atoms with Crippen LogP contribution in [0.4, 0.5) is 5.82 Å². The van der Waals surface area contributed by atoms with E-state index in [0.29, 0.717) is 11.2 Å². The Morgan fingerprint density at radius 2 is 2.15 bits per heavy atom. The predicted octanol–water partition coefficient (Wildman–Crippen LogP) is -0.335. The van der Waals surface area contributed by atoms with Gasteiger partial charge in [-0.15, -0.1) is 0 Å². The lowest BCUT2D eigenvalue weighted by Crippen LogP contribution is -2.09. The molecule has 5 N–H and O–H groups in total. The van der Waals surface area contributed by atoms with Gasteiger partial charge in [-0.05, 0) is 0 Å². The second-order valence-electron chi connectivity index (χ2n) is 4.21. The van der Waals surface area contributed by atoms with Gasteiger partial charge in [0.05, 0.1) is 12.8 Å². The molecule has 0 radical (unpaired) electrons. The van der Waals surface area contributed by atoms with E-state index in [1.54, 1.807) is 0 Å². The molecule has 0 aliphatic rings. The van der Waals surface area contributed by atoms with Crippen LogP contribution in [0.15, 0.2) is 18.7 Å². The van der Waals surface area contributed by atoms with Crippen molar-refractivity contribution in [2.75, 3.05) is 18.5 Å². The van der Waals surface area contributed by atoms with E-state index < -0.39 is 19.7 Å². The Kier molecular flexibility index (Phi) is 4.15. The largest absolute Gasteiger partial charge is 0.396 e. The molecule has 0 aromatic carbocycles. The average Bonchev–Trinajstić information content (AvgIpc) is 2.78. The summed E-state index contributed by atoms with van der Waals surface area (Å²) in [6, 6.07) is 0. The van der Waals surface area contributed by atoms with E-state index >= 15 is 0 Å². The van der Waals surface area contributed by atoms with Crippen LogP contribution in [0.25, 0.3) is 17.4 Å². The van der Waals surface area contributed by atoms with Crippen molar-refractivity contribution < 1.29 is 19.5 Å². The van der Waals surface area contributed by atoms with Gasteiger partial charge in [-0.2, -0.15) is 0 Å². The summed E-state index contributed by atoms with van der Waals surface area (Å²) in [6.07, 6.45) is 5.33. The highest BCUT2D eigenvalue weighted by molar-refractivity contribution is 7.51. The molecule has 108 valence electrons. The molecule has 1 unspecified atom stereocenters. The molecule has 0 saturated carbocycles. The van der Waals surface area contributed by atoms with E-state index in [1.165, 1.54) is 29.5 Å². The van der Waals surface area contributed by atoms with Gasteiger partial charge in [0.1, 0.15) is 12.7 Å². The normalized spacial score (nSPS) is 14.2. The van der Waals surface area contributed by atoms with E-state index in [1.807, 2.05) is 0 Å². The first kappa shape index (κ1) is 14.6. The van der Waals surface area contributed by atoms with Gasteiger partial charge in [-0.3, -0.25) is 9.13 Å². The fraction of sp³-hybridized carbons (Fsp3) is 0.300. The SMILES string of the molecule is Nc1ncnc2c1ncn2/C=C/C(CO)CP(=O)(O)O. The maximum atomic E-state index is 10.9. The Labute approximate surface area is 114 Å². The number of aliphatic hydroxyl groups is 1. The summed E-state index contributed by atoms with van der Waals surface area (Å²) in [5.41, 5.74) is 6.55. The Morgan fingerprint density at radius 3 is 2.80 bits per heavy atom. The van der Waals surface area contributed by atoms with Crippen molar-refractivity contribution in [3.05, 3.63) is 18.7 Å². The number of aliphatic hydroxyl groups excluding tert-OH is 1. The fourth-order valence-corrected chi connectivity index (χ4v) is 2.53. The fourth-order valence-electron chi connectivity index (χ4n) is 1.68. The molecule has 2 aromatic rings. The van der Waals surface area contributed by atoms with Gasteiger partial charge in [0.25, 0.3) is 0 Å². The van der Waals surface area contributed by atoms with Crippen LogP contribution in [0.2, 0.25) is 0 Å². The highest BCUT2D eigenvalue weighted by Gasteiger charge is 2.19. The van der Waals surface area contributed by atoms with Gasteiger partial charge in [-0.25, -0.2) is 15.0 Å². The van der Waals surface area contributed by atoms with Gasteiger partial charge in [-0.1, -0.05) is 6.08 Å². The summed E-state index contributed by atoms with van der Waals surface area (Å²) in [4.78, 5) is 29.7. The van der Waals surface area contributed by atoms with Gasteiger partial charge in [0.15, 0.2) is 17.0 Å². The molecule has 9 nitrogen and oxygen atoms in total. The molecule has 1 atom stereocenters. The number of anilines is 1. The lowest BCUT2D eigenvalue weighted by Gasteiger charge is -2.10. The smallest absolute Gasteiger partial charge is 0.326 e. The summed E-state index contributed by atoms with van der Waals surface area (Å²) >= 11 is 0. The third kappa shape index (κ3) is 3.40. The summed E-state index contributed by atoms with van der Waals surface area (Å²) in [7, 11) is -4.18. The number of imidazole rings is 1. The molecule has 0 spiro atoms. The lowest BCUT2D eigenvalue weighted by molar-refractivity contribution is 0.256. The van der Waals surface area contributed by atoms with Crippen LogP contribution in [0.3, 0.4) is 0 Å². The van der Waals surface area contributed by atoms with E-state index in [4.69, 9.17) is 20.6 Å².